The van der Waals surface area contributed by atoms with Crippen LogP contribution in [0.3, 0.4) is 0 Å². The van der Waals surface area contributed by atoms with Crippen LogP contribution in [0.15, 0.2) is 18.2 Å². The Morgan fingerprint density at radius 1 is 1.19 bits per heavy atom. The van der Waals surface area contributed by atoms with Gasteiger partial charge in [-0.25, -0.2) is 0 Å². The molecule has 0 saturated carbocycles. The molecule has 1 fully saturated rings. The summed E-state index contributed by atoms with van der Waals surface area (Å²) in [6.07, 6.45) is 3.61. The van der Waals surface area contributed by atoms with Crippen LogP contribution in [0.2, 0.25) is 0 Å². The van der Waals surface area contributed by atoms with Crippen LogP contribution in [0.5, 0.6) is 0 Å². The maximum Gasteiger partial charge on any atom is 0.256 e. The zero-order valence-electron chi connectivity index (χ0n) is 17.8. The summed E-state index contributed by atoms with van der Waals surface area (Å²) in [5.41, 5.74) is 2.44. The first-order valence-electron chi connectivity index (χ1n) is 9.97. The molecule has 150 valence electrons. The SMILES string of the molecule is C[C@H](CC(=O)Nc1ccc(N(C)C)c(C(=O)N2CCCC2)c1)CC(C)(C)C. The number of amides is 2. The van der Waals surface area contributed by atoms with Crippen molar-refractivity contribution in [2.24, 2.45) is 11.3 Å². The molecule has 1 atom stereocenters. The molecule has 1 aromatic carbocycles. The molecule has 0 bridgehead atoms. The Kier molecular flexibility index (Phi) is 6.90. The molecular formula is C22H35N3O2. The van der Waals surface area contributed by atoms with Crippen molar-refractivity contribution in [2.45, 2.75) is 53.4 Å². The molecule has 5 nitrogen and oxygen atoms in total. The largest absolute Gasteiger partial charge is 0.377 e. The maximum absolute atomic E-state index is 12.9. The van der Waals surface area contributed by atoms with Crippen molar-refractivity contribution in [1.82, 2.24) is 4.90 Å². The second-order valence-corrected chi connectivity index (χ2v) is 9.25. The lowest BCUT2D eigenvalue weighted by molar-refractivity contribution is -0.117. The normalized spacial score (nSPS) is 15.6. The summed E-state index contributed by atoms with van der Waals surface area (Å²) in [5.74, 6) is 0.370. The lowest BCUT2D eigenvalue weighted by atomic mass is 9.84. The minimum absolute atomic E-state index is 0.00363. The first kappa shape index (κ1) is 21.3. The molecule has 0 spiro atoms. The van der Waals surface area contributed by atoms with Gasteiger partial charge < -0.3 is 15.1 Å². The van der Waals surface area contributed by atoms with Gasteiger partial charge in [0.05, 0.1) is 5.56 Å². The molecule has 0 radical (unpaired) electrons. The van der Waals surface area contributed by atoms with Gasteiger partial charge in [0, 0.05) is 45.0 Å². The van der Waals surface area contributed by atoms with Crippen LogP contribution in [0.1, 0.15) is 63.7 Å². The zero-order chi connectivity index (χ0) is 20.2. The average Bonchev–Trinajstić information content (AvgIpc) is 3.06. The number of hydrogen-bond acceptors (Lipinski definition) is 3. The molecule has 2 amide bonds. The summed E-state index contributed by atoms with van der Waals surface area (Å²) in [6.45, 7) is 10.3. The molecule has 27 heavy (non-hydrogen) atoms. The fourth-order valence-electron chi connectivity index (χ4n) is 3.91. The van der Waals surface area contributed by atoms with Crippen LogP contribution < -0.4 is 10.2 Å². The van der Waals surface area contributed by atoms with E-state index in [9.17, 15) is 9.59 Å². The van der Waals surface area contributed by atoms with Crippen molar-refractivity contribution in [3.8, 4) is 0 Å². The van der Waals surface area contributed by atoms with E-state index in [1.54, 1.807) is 0 Å². The molecule has 0 unspecified atom stereocenters. The summed E-state index contributed by atoms with van der Waals surface area (Å²) in [5, 5.41) is 2.98. The van der Waals surface area contributed by atoms with E-state index in [4.69, 9.17) is 0 Å². The van der Waals surface area contributed by atoms with Crippen molar-refractivity contribution in [3.05, 3.63) is 23.8 Å². The zero-order valence-corrected chi connectivity index (χ0v) is 17.8. The third-order valence-corrected chi connectivity index (χ3v) is 4.88. The van der Waals surface area contributed by atoms with E-state index in [0.717, 1.165) is 38.0 Å². The second-order valence-electron chi connectivity index (χ2n) is 9.25. The fourth-order valence-corrected chi connectivity index (χ4v) is 3.91. The molecule has 2 rings (SSSR count). The monoisotopic (exact) mass is 373 g/mol. The Balaban J connectivity index is 2.12. The van der Waals surface area contributed by atoms with Gasteiger partial charge in [-0.3, -0.25) is 9.59 Å². The molecule has 1 aliphatic rings. The Hall–Kier alpha value is -2.04. The van der Waals surface area contributed by atoms with Crippen molar-refractivity contribution in [1.29, 1.82) is 0 Å². The van der Waals surface area contributed by atoms with Gasteiger partial charge in [0.25, 0.3) is 5.91 Å². The van der Waals surface area contributed by atoms with Gasteiger partial charge in [-0.2, -0.15) is 0 Å². The number of benzene rings is 1. The number of nitrogens with zero attached hydrogens (tertiary/aromatic N) is 2. The number of hydrogen-bond donors (Lipinski definition) is 1. The van der Waals surface area contributed by atoms with Gasteiger partial charge in [0.1, 0.15) is 0 Å². The minimum atomic E-state index is 0.00363. The molecular weight excluding hydrogens is 338 g/mol. The highest BCUT2D eigenvalue weighted by Crippen LogP contribution is 2.28. The Morgan fingerprint density at radius 3 is 2.37 bits per heavy atom. The Labute approximate surface area is 164 Å². The predicted octanol–water partition coefficient (Wildman–Crippen LogP) is 4.39. The fraction of sp³-hybridized carbons (Fsp3) is 0.636. The lowest BCUT2D eigenvalue weighted by Gasteiger charge is -2.23. The molecule has 1 aliphatic heterocycles. The number of likely N-dealkylation sites (tertiary alicyclic amines) is 1. The number of carbonyl (C=O) groups excluding carboxylic acids is 2. The van der Waals surface area contributed by atoms with E-state index < -0.39 is 0 Å². The number of rotatable bonds is 6. The lowest BCUT2D eigenvalue weighted by Crippen LogP contribution is -2.29. The van der Waals surface area contributed by atoms with Gasteiger partial charge in [-0.1, -0.05) is 27.7 Å². The minimum Gasteiger partial charge on any atom is -0.377 e. The van der Waals surface area contributed by atoms with Crippen molar-refractivity contribution < 1.29 is 9.59 Å². The number of nitrogens with one attached hydrogen (secondary N) is 1. The predicted molar refractivity (Wildman–Crippen MR) is 112 cm³/mol. The average molecular weight is 374 g/mol. The highest BCUT2D eigenvalue weighted by molar-refractivity contribution is 6.02. The van der Waals surface area contributed by atoms with E-state index in [1.165, 1.54) is 0 Å². The van der Waals surface area contributed by atoms with Crippen molar-refractivity contribution in [2.75, 3.05) is 37.4 Å². The van der Waals surface area contributed by atoms with Gasteiger partial charge in [0.2, 0.25) is 5.91 Å². The summed E-state index contributed by atoms with van der Waals surface area (Å²) < 4.78 is 0. The van der Waals surface area contributed by atoms with E-state index in [0.29, 0.717) is 23.6 Å². The van der Waals surface area contributed by atoms with Crippen LogP contribution in [0, 0.1) is 11.3 Å². The highest BCUT2D eigenvalue weighted by atomic mass is 16.2. The summed E-state index contributed by atoms with van der Waals surface area (Å²) >= 11 is 0. The standard InChI is InChI=1S/C22H35N3O2/c1-16(15-22(2,3)4)13-20(26)23-17-9-10-19(24(5)6)18(14-17)21(27)25-11-7-8-12-25/h9-10,14,16H,7-8,11-13,15H2,1-6H3,(H,23,26)/t16-/m1/s1. The first-order chi connectivity index (χ1) is 12.6. The van der Waals surface area contributed by atoms with Crippen molar-refractivity contribution >= 4 is 23.2 Å². The smallest absolute Gasteiger partial charge is 0.256 e. The van der Waals surface area contributed by atoms with E-state index in [1.807, 2.05) is 42.1 Å². The van der Waals surface area contributed by atoms with Gasteiger partial charge >= 0.3 is 0 Å². The summed E-state index contributed by atoms with van der Waals surface area (Å²) in [7, 11) is 3.87. The van der Waals surface area contributed by atoms with Crippen LogP contribution in [-0.2, 0) is 4.79 Å². The molecule has 1 aromatic rings. The maximum atomic E-state index is 12.9. The van der Waals surface area contributed by atoms with Gasteiger partial charge in [-0.15, -0.1) is 0 Å². The van der Waals surface area contributed by atoms with Crippen LogP contribution in [-0.4, -0.2) is 43.9 Å². The third kappa shape index (κ3) is 6.26. The number of anilines is 2. The third-order valence-electron chi connectivity index (χ3n) is 4.88. The highest BCUT2D eigenvalue weighted by Gasteiger charge is 2.23. The molecule has 0 aromatic heterocycles. The van der Waals surface area contributed by atoms with Crippen LogP contribution in [0.25, 0.3) is 0 Å². The molecule has 0 aliphatic carbocycles. The topological polar surface area (TPSA) is 52.7 Å². The van der Waals surface area contributed by atoms with E-state index >= 15 is 0 Å². The summed E-state index contributed by atoms with van der Waals surface area (Å²) in [4.78, 5) is 29.2. The van der Waals surface area contributed by atoms with Gasteiger partial charge in [-0.05, 0) is 48.8 Å². The van der Waals surface area contributed by atoms with E-state index in [2.05, 4.69) is 33.0 Å². The van der Waals surface area contributed by atoms with Crippen LogP contribution in [0.4, 0.5) is 11.4 Å². The quantitative estimate of drug-likeness (QED) is 0.804. The van der Waals surface area contributed by atoms with Crippen LogP contribution >= 0.6 is 0 Å². The Morgan fingerprint density at radius 2 is 1.81 bits per heavy atom. The van der Waals surface area contributed by atoms with Gasteiger partial charge in [0.15, 0.2) is 0 Å². The molecule has 1 heterocycles. The molecule has 1 saturated heterocycles. The second kappa shape index (κ2) is 8.77. The first-order valence-corrected chi connectivity index (χ1v) is 9.97. The van der Waals surface area contributed by atoms with E-state index in [-0.39, 0.29) is 17.2 Å². The molecule has 1 N–H and O–H groups in total. The summed E-state index contributed by atoms with van der Waals surface area (Å²) in [6, 6.07) is 5.61. The number of carbonyl (C=O) groups is 2. The Bertz CT molecular complexity index is 671. The van der Waals surface area contributed by atoms with Crippen molar-refractivity contribution in [3.63, 3.8) is 0 Å². The molecule has 5 heteroatoms.